The molecule has 124 valence electrons. The molecule has 0 aromatic heterocycles. The van der Waals surface area contributed by atoms with Gasteiger partial charge in [-0.1, -0.05) is 6.07 Å². The summed E-state index contributed by atoms with van der Waals surface area (Å²) in [7, 11) is 0.542. The molecule has 1 aromatic carbocycles. The van der Waals surface area contributed by atoms with E-state index in [1.165, 1.54) is 12.8 Å². The third kappa shape index (κ3) is 4.71. The van der Waals surface area contributed by atoms with E-state index in [-0.39, 0.29) is 10.8 Å². The Hall–Kier alpha value is -1.07. The van der Waals surface area contributed by atoms with E-state index >= 15 is 0 Å². The standard InChI is InChI=1S/C17H27NO3S/c1-12(18-22(19)17(2,3)4)14-8-9-15(16(10-14)20-5)21-11-13-6-7-13/h8-10,12-13,18H,6-7,11H2,1-5H3/t12-,22?/m1/s1. The van der Waals surface area contributed by atoms with E-state index in [0.717, 1.165) is 23.7 Å². The quantitative estimate of drug-likeness (QED) is 0.833. The Kier molecular flexibility index (Phi) is 5.50. The van der Waals surface area contributed by atoms with Crippen molar-refractivity contribution in [1.29, 1.82) is 0 Å². The molecule has 4 nitrogen and oxygen atoms in total. The zero-order chi connectivity index (χ0) is 16.3. The van der Waals surface area contributed by atoms with Gasteiger partial charge in [0.2, 0.25) is 0 Å². The Balaban J connectivity index is 2.05. The van der Waals surface area contributed by atoms with Crippen molar-refractivity contribution in [1.82, 2.24) is 4.72 Å². The largest absolute Gasteiger partial charge is 0.493 e. The van der Waals surface area contributed by atoms with Crippen LogP contribution in [-0.4, -0.2) is 22.7 Å². The number of benzene rings is 1. The Labute approximate surface area is 136 Å². The van der Waals surface area contributed by atoms with E-state index in [0.29, 0.717) is 5.92 Å². The average Bonchev–Trinajstić information content (AvgIpc) is 3.27. The summed E-state index contributed by atoms with van der Waals surface area (Å²) in [6, 6.07) is 5.88. The molecule has 1 unspecified atom stereocenters. The molecular weight excluding hydrogens is 298 g/mol. The average molecular weight is 325 g/mol. The zero-order valence-electron chi connectivity index (χ0n) is 14.1. The molecule has 2 atom stereocenters. The predicted octanol–water partition coefficient (Wildman–Crippen LogP) is 3.60. The third-order valence-electron chi connectivity index (χ3n) is 3.70. The molecule has 1 N–H and O–H groups in total. The van der Waals surface area contributed by atoms with Crippen molar-refractivity contribution in [2.45, 2.75) is 51.3 Å². The summed E-state index contributed by atoms with van der Waals surface area (Å²) in [5, 5.41) is 0. The molecule has 1 aliphatic rings. The van der Waals surface area contributed by atoms with Gasteiger partial charge in [-0.05, 0) is 64.2 Å². The summed E-state index contributed by atoms with van der Waals surface area (Å²) < 4.78 is 26.3. The first kappa shape index (κ1) is 17.3. The van der Waals surface area contributed by atoms with Crippen LogP contribution in [0.5, 0.6) is 11.5 Å². The Morgan fingerprint density at radius 3 is 2.55 bits per heavy atom. The number of ether oxygens (including phenoxy) is 2. The van der Waals surface area contributed by atoms with E-state index in [1.54, 1.807) is 7.11 Å². The highest BCUT2D eigenvalue weighted by molar-refractivity contribution is 7.84. The van der Waals surface area contributed by atoms with Crippen LogP contribution in [0.3, 0.4) is 0 Å². The summed E-state index contributed by atoms with van der Waals surface area (Å²) >= 11 is 0. The molecule has 22 heavy (non-hydrogen) atoms. The van der Waals surface area contributed by atoms with Crippen LogP contribution in [0.4, 0.5) is 0 Å². The minimum atomic E-state index is -1.11. The topological polar surface area (TPSA) is 47.6 Å². The molecule has 0 saturated heterocycles. The molecule has 0 heterocycles. The molecule has 0 spiro atoms. The summed E-state index contributed by atoms with van der Waals surface area (Å²) in [6.07, 6.45) is 2.53. The number of methoxy groups -OCH3 is 1. The fourth-order valence-corrected chi connectivity index (χ4v) is 2.78. The second-order valence-electron chi connectivity index (χ2n) is 6.89. The van der Waals surface area contributed by atoms with Gasteiger partial charge in [0.1, 0.15) is 0 Å². The molecule has 0 aliphatic heterocycles. The molecule has 2 rings (SSSR count). The number of rotatable bonds is 7. The maximum atomic E-state index is 12.2. The van der Waals surface area contributed by atoms with Crippen LogP contribution in [0.1, 0.15) is 52.1 Å². The van der Waals surface area contributed by atoms with Gasteiger partial charge in [0, 0.05) is 6.04 Å². The van der Waals surface area contributed by atoms with Crippen molar-refractivity contribution in [3.8, 4) is 11.5 Å². The van der Waals surface area contributed by atoms with Crippen molar-refractivity contribution in [3.63, 3.8) is 0 Å². The monoisotopic (exact) mass is 325 g/mol. The molecular formula is C17H27NO3S. The predicted molar refractivity (Wildman–Crippen MR) is 90.7 cm³/mol. The van der Waals surface area contributed by atoms with Crippen molar-refractivity contribution >= 4 is 11.0 Å². The highest BCUT2D eigenvalue weighted by Gasteiger charge is 2.24. The first-order valence-electron chi connectivity index (χ1n) is 7.80. The highest BCUT2D eigenvalue weighted by atomic mass is 32.2. The van der Waals surface area contributed by atoms with Gasteiger partial charge in [-0.15, -0.1) is 0 Å². The summed E-state index contributed by atoms with van der Waals surface area (Å²) in [6.45, 7) is 8.63. The van der Waals surface area contributed by atoms with Crippen LogP contribution in [0.15, 0.2) is 18.2 Å². The van der Waals surface area contributed by atoms with Gasteiger partial charge in [-0.25, -0.2) is 8.93 Å². The van der Waals surface area contributed by atoms with E-state index in [1.807, 2.05) is 45.9 Å². The normalized spacial score (nSPS) is 17.9. The summed E-state index contributed by atoms with van der Waals surface area (Å²) in [4.78, 5) is 0. The van der Waals surface area contributed by atoms with Gasteiger partial charge in [-0.2, -0.15) is 0 Å². The lowest BCUT2D eigenvalue weighted by molar-refractivity contribution is 0.280. The molecule has 1 fully saturated rings. The second-order valence-corrected chi connectivity index (χ2v) is 8.88. The maximum absolute atomic E-state index is 12.2. The van der Waals surface area contributed by atoms with Gasteiger partial charge in [0.15, 0.2) is 11.5 Å². The van der Waals surface area contributed by atoms with Crippen LogP contribution in [0.2, 0.25) is 0 Å². The first-order chi connectivity index (χ1) is 10.3. The van der Waals surface area contributed by atoms with Crippen LogP contribution >= 0.6 is 0 Å². The molecule has 1 aliphatic carbocycles. The fraction of sp³-hybridized carbons (Fsp3) is 0.647. The smallest absolute Gasteiger partial charge is 0.161 e. The molecule has 5 heteroatoms. The van der Waals surface area contributed by atoms with Crippen molar-refractivity contribution in [2.24, 2.45) is 5.92 Å². The SMILES string of the molecule is COc1cc([C@@H](C)NS(=O)C(C)(C)C)ccc1OCC1CC1. The fourth-order valence-electron chi connectivity index (χ4n) is 1.97. The van der Waals surface area contributed by atoms with Crippen LogP contribution < -0.4 is 14.2 Å². The van der Waals surface area contributed by atoms with Gasteiger partial charge < -0.3 is 9.47 Å². The molecule has 0 bridgehead atoms. The summed E-state index contributed by atoms with van der Waals surface area (Å²) in [5.74, 6) is 2.22. The van der Waals surface area contributed by atoms with E-state index in [2.05, 4.69) is 4.72 Å². The summed E-state index contributed by atoms with van der Waals surface area (Å²) in [5.41, 5.74) is 1.04. The Morgan fingerprint density at radius 2 is 2.00 bits per heavy atom. The van der Waals surface area contributed by atoms with Crippen LogP contribution in [0.25, 0.3) is 0 Å². The molecule has 0 amide bonds. The number of hydrogen-bond donors (Lipinski definition) is 1. The van der Waals surface area contributed by atoms with Crippen LogP contribution in [-0.2, 0) is 11.0 Å². The first-order valence-corrected chi connectivity index (χ1v) is 8.95. The Bertz CT molecular complexity index is 535. The van der Waals surface area contributed by atoms with Gasteiger partial charge in [0.05, 0.1) is 29.4 Å². The van der Waals surface area contributed by atoms with E-state index in [9.17, 15) is 4.21 Å². The lowest BCUT2D eigenvalue weighted by atomic mass is 10.1. The van der Waals surface area contributed by atoms with Gasteiger partial charge in [0.25, 0.3) is 0 Å². The number of hydrogen-bond acceptors (Lipinski definition) is 3. The van der Waals surface area contributed by atoms with Crippen molar-refractivity contribution in [2.75, 3.05) is 13.7 Å². The second kappa shape index (κ2) is 7.01. The van der Waals surface area contributed by atoms with Crippen molar-refractivity contribution in [3.05, 3.63) is 23.8 Å². The Morgan fingerprint density at radius 1 is 1.32 bits per heavy atom. The van der Waals surface area contributed by atoms with Gasteiger partial charge >= 0.3 is 0 Å². The third-order valence-corrected chi connectivity index (χ3v) is 5.38. The maximum Gasteiger partial charge on any atom is 0.161 e. The zero-order valence-corrected chi connectivity index (χ0v) is 15.0. The van der Waals surface area contributed by atoms with E-state index < -0.39 is 11.0 Å². The molecule has 1 saturated carbocycles. The highest BCUT2D eigenvalue weighted by Crippen LogP contribution is 2.34. The minimum absolute atomic E-state index is 0.0218. The number of nitrogens with one attached hydrogen (secondary N) is 1. The minimum Gasteiger partial charge on any atom is -0.493 e. The van der Waals surface area contributed by atoms with Crippen LogP contribution in [0, 0.1) is 5.92 Å². The van der Waals surface area contributed by atoms with Gasteiger partial charge in [-0.3, -0.25) is 0 Å². The lowest BCUT2D eigenvalue weighted by Gasteiger charge is -2.22. The molecule has 0 radical (unpaired) electrons. The van der Waals surface area contributed by atoms with Crippen molar-refractivity contribution < 1.29 is 13.7 Å². The lowest BCUT2D eigenvalue weighted by Crippen LogP contribution is -2.34. The molecule has 1 aromatic rings. The van der Waals surface area contributed by atoms with E-state index in [4.69, 9.17) is 9.47 Å².